The number of rotatable bonds is 4. The fraction of sp³-hybridized carbons (Fsp3) is 0.583. The first-order chi connectivity index (χ1) is 9.75. The quantitative estimate of drug-likeness (QED) is 0.846. The van der Waals surface area contributed by atoms with E-state index in [-0.39, 0.29) is 11.8 Å². The number of nitrogens with zero attached hydrogens (tertiary/aromatic N) is 4. The van der Waals surface area contributed by atoms with Gasteiger partial charge in [-0.2, -0.15) is 5.21 Å². The van der Waals surface area contributed by atoms with E-state index in [4.69, 9.17) is 4.52 Å². The third kappa shape index (κ3) is 2.40. The van der Waals surface area contributed by atoms with Crippen molar-refractivity contribution >= 4 is 5.91 Å². The summed E-state index contributed by atoms with van der Waals surface area (Å²) in [5, 5.41) is 20.4. The van der Waals surface area contributed by atoms with Crippen molar-refractivity contribution in [2.24, 2.45) is 0 Å². The summed E-state index contributed by atoms with van der Waals surface area (Å²) in [7, 11) is 0. The average Bonchev–Trinajstić information content (AvgIpc) is 3.13. The maximum Gasteiger partial charge on any atom is 0.273 e. The Morgan fingerprint density at radius 1 is 1.45 bits per heavy atom. The van der Waals surface area contributed by atoms with Crippen LogP contribution >= 0.6 is 0 Å². The van der Waals surface area contributed by atoms with Gasteiger partial charge in [0.05, 0.1) is 0 Å². The third-order valence-corrected chi connectivity index (χ3v) is 3.54. The number of hydrogen-bond acceptors (Lipinski definition) is 6. The first kappa shape index (κ1) is 12.8. The van der Waals surface area contributed by atoms with Gasteiger partial charge < -0.3 is 9.84 Å². The lowest BCUT2D eigenvalue weighted by molar-refractivity contribution is 0.0941. The molecule has 20 heavy (non-hydrogen) atoms. The lowest BCUT2D eigenvalue weighted by atomic mass is 9.96. The minimum Gasteiger partial charge on any atom is -0.360 e. The number of fused-ring (bicyclic) bond motifs is 1. The first-order valence-electron chi connectivity index (χ1n) is 6.74. The summed E-state index contributed by atoms with van der Waals surface area (Å²) in [5.41, 5.74) is 1.38. The topological polar surface area (TPSA) is 110 Å². The monoisotopic (exact) mass is 276 g/mol. The van der Waals surface area contributed by atoms with Crippen LogP contribution in [-0.4, -0.2) is 38.2 Å². The van der Waals surface area contributed by atoms with Gasteiger partial charge in [0.1, 0.15) is 5.76 Å². The highest BCUT2D eigenvalue weighted by atomic mass is 16.5. The van der Waals surface area contributed by atoms with Gasteiger partial charge in [-0.3, -0.25) is 4.79 Å². The Morgan fingerprint density at radius 2 is 2.30 bits per heavy atom. The number of carbonyl (C=O) groups is 1. The lowest BCUT2D eigenvalue weighted by Gasteiger charge is -2.10. The summed E-state index contributed by atoms with van der Waals surface area (Å²) >= 11 is 0. The fourth-order valence-electron chi connectivity index (χ4n) is 2.36. The molecule has 0 saturated carbocycles. The Hall–Kier alpha value is -2.25. The van der Waals surface area contributed by atoms with Gasteiger partial charge in [-0.1, -0.05) is 17.3 Å². The molecule has 1 amide bonds. The molecule has 106 valence electrons. The van der Waals surface area contributed by atoms with E-state index in [1.165, 1.54) is 0 Å². The zero-order chi connectivity index (χ0) is 13.9. The summed E-state index contributed by atoms with van der Waals surface area (Å²) in [6.45, 7) is 2.35. The Kier molecular flexibility index (Phi) is 3.44. The predicted molar refractivity (Wildman–Crippen MR) is 68.1 cm³/mol. The van der Waals surface area contributed by atoms with E-state index in [9.17, 15) is 4.79 Å². The van der Waals surface area contributed by atoms with Crippen LogP contribution in [0.25, 0.3) is 0 Å². The van der Waals surface area contributed by atoms with Crippen molar-refractivity contribution in [1.29, 1.82) is 0 Å². The largest absolute Gasteiger partial charge is 0.360 e. The maximum absolute atomic E-state index is 12.2. The number of carbonyl (C=O) groups excluding carboxylic acids is 1. The molecule has 1 atom stereocenters. The summed E-state index contributed by atoms with van der Waals surface area (Å²) in [4.78, 5) is 12.2. The second-order valence-electron chi connectivity index (χ2n) is 5.02. The second-order valence-corrected chi connectivity index (χ2v) is 5.02. The molecule has 2 aromatic heterocycles. The molecule has 2 N–H and O–H groups in total. The molecule has 8 nitrogen and oxygen atoms in total. The Morgan fingerprint density at radius 3 is 3.10 bits per heavy atom. The zero-order valence-corrected chi connectivity index (χ0v) is 11.2. The molecule has 1 aliphatic rings. The van der Waals surface area contributed by atoms with Gasteiger partial charge in [0.25, 0.3) is 5.91 Å². The number of amides is 1. The predicted octanol–water partition coefficient (Wildman–Crippen LogP) is 0.600. The van der Waals surface area contributed by atoms with Gasteiger partial charge in [0.15, 0.2) is 11.5 Å². The number of nitrogens with one attached hydrogen (secondary N) is 2. The highest BCUT2D eigenvalue weighted by Gasteiger charge is 2.24. The van der Waals surface area contributed by atoms with Gasteiger partial charge in [-0.25, -0.2) is 0 Å². The van der Waals surface area contributed by atoms with Crippen molar-refractivity contribution in [1.82, 2.24) is 31.1 Å². The molecule has 1 aliphatic carbocycles. The van der Waals surface area contributed by atoms with Crippen molar-refractivity contribution in [3.05, 3.63) is 22.8 Å². The summed E-state index contributed by atoms with van der Waals surface area (Å²) in [6, 6.07) is 0. The van der Waals surface area contributed by atoms with Crippen LogP contribution in [-0.2, 0) is 12.8 Å². The van der Waals surface area contributed by atoms with Gasteiger partial charge in [-0.15, -0.1) is 10.2 Å². The number of hydrogen-bond donors (Lipinski definition) is 2. The van der Waals surface area contributed by atoms with Crippen molar-refractivity contribution in [3.8, 4) is 0 Å². The smallest absolute Gasteiger partial charge is 0.273 e. The van der Waals surface area contributed by atoms with E-state index < -0.39 is 0 Å². The molecule has 0 saturated heterocycles. The molecule has 0 bridgehead atoms. The van der Waals surface area contributed by atoms with Crippen LogP contribution in [0.1, 0.15) is 53.3 Å². The highest BCUT2D eigenvalue weighted by molar-refractivity contribution is 5.93. The molecule has 0 fully saturated rings. The van der Waals surface area contributed by atoms with E-state index in [2.05, 4.69) is 31.1 Å². The maximum atomic E-state index is 12.2. The van der Waals surface area contributed by atoms with E-state index in [1.54, 1.807) is 0 Å². The SMILES string of the molecule is C[C@@H](CNC(=O)c1noc2c1CCCC2)c1nn[nH]n1. The van der Waals surface area contributed by atoms with Gasteiger partial charge in [0, 0.05) is 24.4 Å². The molecule has 0 aliphatic heterocycles. The average molecular weight is 276 g/mol. The van der Waals surface area contributed by atoms with Crippen molar-refractivity contribution in [3.63, 3.8) is 0 Å². The first-order valence-corrected chi connectivity index (χ1v) is 6.74. The number of aromatic amines is 1. The van der Waals surface area contributed by atoms with E-state index in [1.807, 2.05) is 6.92 Å². The minimum atomic E-state index is -0.202. The molecule has 0 aromatic carbocycles. The fourth-order valence-corrected chi connectivity index (χ4v) is 2.36. The molecule has 2 aromatic rings. The van der Waals surface area contributed by atoms with Crippen LogP contribution in [0.15, 0.2) is 4.52 Å². The normalized spacial score (nSPS) is 15.7. The molecule has 0 spiro atoms. The Bertz CT molecular complexity index is 591. The Labute approximate surface area is 115 Å². The third-order valence-electron chi connectivity index (χ3n) is 3.54. The summed E-state index contributed by atoms with van der Waals surface area (Å²) in [5.74, 6) is 1.22. The van der Waals surface area contributed by atoms with Gasteiger partial charge in [0.2, 0.25) is 0 Å². The molecule has 0 radical (unpaired) electrons. The van der Waals surface area contributed by atoms with Crippen molar-refractivity contribution in [2.75, 3.05) is 6.54 Å². The number of H-pyrrole nitrogens is 1. The van der Waals surface area contributed by atoms with Crippen LogP contribution in [0, 0.1) is 0 Å². The minimum absolute atomic E-state index is 0.0135. The van der Waals surface area contributed by atoms with E-state index in [0.29, 0.717) is 18.1 Å². The lowest BCUT2D eigenvalue weighted by Crippen LogP contribution is -2.29. The van der Waals surface area contributed by atoms with Crippen LogP contribution < -0.4 is 5.32 Å². The summed E-state index contributed by atoms with van der Waals surface area (Å²) < 4.78 is 5.24. The standard InChI is InChI=1S/C12H16N6O2/c1-7(11-14-17-18-15-11)6-13-12(19)10-8-4-2-3-5-9(8)20-16-10/h7H,2-6H2,1H3,(H,13,19)(H,14,15,17,18)/t7-/m0/s1. The van der Waals surface area contributed by atoms with Crippen molar-refractivity contribution < 1.29 is 9.32 Å². The van der Waals surface area contributed by atoms with Crippen LogP contribution in [0.4, 0.5) is 0 Å². The molecule has 0 unspecified atom stereocenters. The Balaban J connectivity index is 1.63. The molecule has 2 heterocycles. The van der Waals surface area contributed by atoms with Crippen LogP contribution in [0.5, 0.6) is 0 Å². The number of aromatic nitrogens is 5. The van der Waals surface area contributed by atoms with Crippen molar-refractivity contribution in [2.45, 2.75) is 38.5 Å². The zero-order valence-electron chi connectivity index (χ0n) is 11.2. The number of aryl methyl sites for hydroxylation is 1. The molecular formula is C12H16N6O2. The molecule has 3 rings (SSSR count). The summed E-state index contributed by atoms with van der Waals surface area (Å²) in [6.07, 6.45) is 3.91. The van der Waals surface area contributed by atoms with Gasteiger partial charge >= 0.3 is 0 Å². The molecule has 8 heteroatoms. The van der Waals surface area contributed by atoms with E-state index in [0.717, 1.165) is 37.0 Å². The number of tetrazole rings is 1. The molecular weight excluding hydrogens is 260 g/mol. The highest BCUT2D eigenvalue weighted by Crippen LogP contribution is 2.24. The van der Waals surface area contributed by atoms with E-state index >= 15 is 0 Å². The second kappa shape index (κ2) is 5.40. The van der Waals surface area contributed by atoms with Gasteiger partial charge in [-0.05, 0) is 19.3 Å². The van der Waals surface area contributed by atoms with Crippen LogP contribution in [0.2, 0.25) is 0 Å². The van der Waals surface area contributed by atoms with Crippen LogP contribution in [0.3, 0.4) is 0 Å².